The molecule has 70 valence electrons. The lowest BCUT2D eigenvalue weighted by molar-refractivity contribution is -0.117. The van der Waals surface area contributed by atoms with Crippen LogP contribution in [0.5, 0.6) is 0 Å². The molecular formula is C10H12OS2. The predicted octanol–water partition coefficient (Wildman–Crippen LogP) is 2.76. The first-order valence-electron chi connectivity index (χ1n) is 4.51. The zero-order valence-corrected chi connectivity index (χ0v) is 9.00. The number of Topliss-reactive ketones (excluding diaryl/α,β-unsaturated/α-hetero) is 1. The molecule has 1 aliphatic rings. The van der Waals surface area contributed by atoms with Crippen molar-refractivity contribution in [1.29, 1.82) is 0 Å². The van der Waals surface area contributed by atoms with Crippen LogP contribution in [0, 0.1) is 0 Å². The Balaban J connectivity index is 1.91. The average molecular weight is 212 g/mol. The van der Waals surface area contributed by atoms with Gasteiger partial charge in [0.25, 0.3) is 0 Å². The molecule has 0 N–H and O–H groups in total. The fraction of sp³-hybridized carbons (Fsp3) is 0.500. The largest absolute Gasteiger partial charge is 0.298 e. The van der Waals surface area contributed by atoms with Gasteiger partial charge in [-0.05, 0) is 41.0 Å². The summed E-state index contributed by atoms with van der Waals surface area (Å²) in [4.78, 5) is 11.7. The van der Waals surface area contributed by atoms with Gasteiger partial charge >= 0.3 is 0 Å². The molecular weight excluding hydrogens is 200 g/mol. The zero-order valence-electron chi connectivity index (χ0n) is 7.36. The van der Waals surface area contributed by atoms with Crippen molar-refractivity contribution in [3.8, 4) is 0 Å². The van der Waals surface area contributed by atoms with E-state index >= 15 is 0 Å². The molecule has 1 unspecified atom stereocenters. The van der Waals surface area contributed by atoms with Gasteiger partial charge in [-0.25, -0.2) is 0 Å². The third-order valence-corrected chi connectivity index (χ3v) is 4.40. The Labute approximate surface area is 86.5 Å². The normalized spacial score (nSPS) is 22.0. The van der Waals surface area contributed by atoms with Crippen LogP contribution in [0.4, 0.5) is 0 Å². The fourth-order valence-electron chi connectivity index (χ4n) is 1.54. The van der Waals surface area contributed by atoms with Gasteiger partial charge < -0.3 is 0 Å². The number of hydrogen-bond acceptors (Lipinski definition) is 3. The first-order chi connectivity index (χ1) is 6.36. The lowest BCUT2D eigenvalue weighted by Crippen LogP contribution is -2.15. The molecule has 3 heteroatoms. The van der Waals surface area contributed by atoms with Crippen molar-refractivity contribution in [2.45, 2.75) is 24.5 Å². The van der Waals surface area contributed by atoms with Crippen LogP contribution in [0.15, 0.2) is 16.8 Å². The molecule has 2 heterocycles. The zero-order chi connectivity index (χ0) is 9.10. The Kier molecular flexibility index (Phi) is 3.06. The van der Waals surface area contributed by atoms with E-state index in [0.717, 1.165) is 6.42 Å². The van der Waals surface area contributed by atoms with Crippen molar-refractivity contribution in [2.24, 2.45) is 0 Å². The number of carbonyl (C=O) groups excluding carboxylic acids is 1. The number of thioether (sulfide) groups is 1. The van der Waals surface area contributed by atoms with Gasteiger partial charge in [0.2, 0.25) is 0 Å². The molecule has 2 rings (SSSR count). The highest BCUT2D eigenvalue weighted by molar-refractivity contribution is 8.00. The van der Waals surface area contributed by atoms with Crippen molar-refractivity contribution < 1.29 is 4.79 Å². The maximum absolute atomic E-state index is 11.7. The highest BCUT2D eigenvalue weighted by Crippen LogP contribution is 2.27. The monoisotopic (exact) mass is 212 g/mol. The van der Waals surface area contributed by atoms with Gasteiger partial charge in [-0.3, -0.25) is 4.79 Å². The number of hydrogen-bond donors (Lipinski definition) is 0. The summed E-state index contributed by atoms with van der Waals surface area (Å²) in [7, 11) is 0. The predicted molar refractivity (Wildman–Crippen MR) is 58.5 cm³/mol. The summed E-state index contributed by atoms with van der Waals surface area (Å²) in [6, 6.07) is 2.04. The van der Waals surface area contributed by atoms with E-state index in [4.69, 9.17) is 0 Å². The van der Waals surface area contributed by atoms with E-state index in [1.54, 1.807) is 11.3 Å². The second-order valence-corrected chi connectivity index (χ2v) is 5.37. The van der Waals surface area contributed by atoms with Crippen molar-refractivity contribution in [2.75, 3.05) is 5.75 Å². The fourth-order valence-corrected chi connectivity index (χ4v) is 3.43. The van der Waals surface area contributed by atoms with E-state index in [9.17, 15) is 4.79 Å². The maximum Gasteiger partial charge on any atom is 0.150 e. The molecule has 1 aromatic heterocycles. The van der Waals surface area contributed by atoms with Crippen LogP contribution in [0.25, 0.3) is 0 Å². The smallest absolute Gasteiger partial charge is 0.150 e. The molecule has 1 aromatic rings. The molecule has 0 bridgehead atoms. The molecule has 0 radical (unpaired) electrons. The number of carbonyl (C=O) groups is 1. The van der Waals surface area contributed by atoms with Gasteiger partial charge in [0.15, 0.2) is 0 Å². The molecule has 0 spiro atoms. The Bertz CT molecular complexity index is 273. The molecule has 1 saturated heterocycles. The van der Waals surface area contributed by atoms with Gasteiger partial charge in [-0.15, -0.1) is 0 Å². The summed E-state index contributed by atoms with van der Waals surface area (Å²) in [6.07, 6.45) is 2.94. The Morgan fingerprint density at radius 3 is 3.15 bits per heavy atom. The van der Waals surface area contributed by atoms with Gasteiger partial charge in [0, 0.05) is 6.42 Å². The Morgan fingerprint density at radius 1 is 1.62 bits per heavy atom. The van der Waals surface area contributed by atoms with Gasteiger partial charge in [0.1, 0.15) is 5.78 Å². The number of ketones is 1. The maximum atomic E-state index is 11.7. The van der Waals surface area contributed by atoms with Crippen molar-refractivity contribution in [3.05, 3.63) is 22.4 Å². The van der Waals surface area contributed by atoms with E-state index in [-0.39, 0.29) is 0 Å². The van der Waals surface area contributed by atoms with Gasteiger partial charge in [-0.1, -0.05) is 0 Å². The van der Waals surface area contributed by atoms with E-state index < -0.39 is 0 Å². The van der Waals surface area contributed by atoms with Crippen LogP contribution in [0.3, 0.4) is 0 Å². The van der Waals surface area contributed by atoms with E-state index in [1.807, 2.05) is 23.2 Å². The average Bonchev–Trinajstić information content (AvgIpc) is 2.74. The van der Waals surface area contributed by atoms with E-state index in [1.165, 1.54) is 17.7 Å². The minimum Gasteiger partial charge on any atom is -0.298 e. The summed E-state index contributed by atoms with van der Waals surface area (Å²) in [5, 5.41) is 4.39. The third kappa shape index (κ3) is 2.35. The highest BCUT2D eigenvalue weighted by Gasteiger charge is 2.22. The highest BCUT2D eigenvalue weighted by atomic mass is 32.2. The van der Waals surface area contributed by atoms with Crippen LogP contribution in [0.2, 0.25) is 0 Å². The van der Waals surface area contributed by atoms with Gasteiger partial charge in [-0.2, -0.15) is 23.1 Å². The van der Waals surface area contributed by atoms with Crippen LogP contribution < -0.4 is 0 Å². The molecule has 1 fully saturated rings. The molecule has 1 atom stereocenters. The van der Waals surface area contributed by atoms with E-state index in [0.29, 0.717) is 17.5 Å². The molecule has 0 aromatic carbocycles. The third-order valence-electron chi connectivity index (χ3n) is 2.25. The molecule has 1 aliphatic heterocycles. The SMILES string of the molecule is O=C(Cc1ccsc1)C1CCCS1. The van der Waals surface area contributed by atoms with Crippen molar-refractivity contribution in [1.82, 2.24) is 0 Å². The van der Waals surface area contributed by atoms with E-state index in [2.05, 4.69) is 5.38 Å². The van der Waals surface area contributed by atoms with Crippen LogP contribution in [-0.4, -0.2) is 16.8 Å². The Morgan fingerprint density at radius 2 is 2.54 bits per heavy atom. The molecule has 0 saturated carbocycles. The van der Waals surface area contributed by atoms with Crippen molar-refractivity contribution in [3.63, 3.8) is 0 Å². The quantitative estimate of drug-likeness (QED) is 0.766. The minimum absolute atomic E-state index is 0.292. The van der Waals surface area contributed by atoms with Crippen LogP contribution in [-0.2, 0) is 11.2 Å². The number of rotatable bonds is 3. The van der Waals surface area contributed by atoms with Gasteiger partial charge in [0.05, 0.1) is 5.25 Å². The second-order valence-electron chi connectivity index (χ2n) is 3.28. The molecule has 1 nitrogen and oxygen atoms in total. The second kappa shape index (κ2) is 4.29. The molecule has 0 aliphatic carbocycles. The molecule has 13 heavy (non-hydrogen) atoms. The summed E-state index contributed by atoms with van der Waals surface area (Å²) < 4.78 is 0. The summed E-state index contributed by atoms with van der Waals surface area (Å²) >= 11 is 3.49. The first kappa shape index (κ1) is 9.28. The standard InChI is InChI=1S/C10H12OS2/c11-9(10-2-1-4-13-10)6-8-3-5-12-7-8/h3,5,7,10H,1-2,4,6H2. The Hall–Kier alpha value is -0.280. The van der Waals surface area contributed by atoms with Crippen LogP contribution >= 0.6 is 23.1 Å². The number of thiophene rings is 1. The van der Waals surface area contributed by atoms with Crippen LogP contribution in [0.1, 0.15) is 18.4 Å². The lowest BCUT2D eigenvalue weighted by atomic mass is 10.1. The van der Waals surface area contributed by atoms with Crippen molar-refractivity contribution >= 4 is 28.9 Å². The summed E-state index contributed by atoms with van der Waals surface area (Å²) in [5.74, 6) is 1.58. The topological polar surface area (TPSA) is 17.1 Å². The lowest BCUT2D eigenvalue weighted by Gasteiger charge is -2.05. The summed E-state index contributed by atoms with van der Waals surface area (Å²) in [5.41, 5.74) is 1.18. The first-order valence-corrected chi connectivity index (χ1v) is 6.51. The minimum atomic E-state index is 0.292. The molecule has 0 amide bonds. The summed E-state index contributed by atoms with van der Waals surface area (Å²) in [6.45, 7) is 0.